The van der Waals surface area contributed by atoms with Crippen LogP contribution in [-0.4, -0.2) is 29.9 Å². The van der Waals surface area contributed by atoms with E-state index in [1.165, 1.54) is 12.1 Å². The molecule has 1 fully saturated rings. The lowest BCUT2D eigenvalue weighted by Gasteiger charge is -2.28. The fourth-order valence-corrected chi connectivity index (χ4v) is 2.57. The van der Waals surface area contributed by atoms with Gasteiger partial charge in [0, 0.05) is 6.04 Å². The van der Waals surface area contributed by atoms with Crippen molar-refractivity contribution in [1.29, 1.82) is 5.26 Å². The number of nitriles is 1. The molecule has 4 nitrogen and oxygen atoms in total. The Balaban J connectivity index is 1.93. The van der Waals surface area contributed by atoms with Gasteiger partial charge in [-0.3, -0.25) is 9.69 Å². The lowest BCUT2D eigenvalue weighted by atomic mass is 9.98. The molecule has 1 N–H and O–H groups in total. The molecule has 1 saturated carbocycles. The maximum atomic E-state index is 13.0. The number of benzene rings is 1. The van der Waals surface area contributed by atoms with E-state index in [0.29, 0.717) is 0 Å². The van der Waals surface area contributed by atoms with Gasteiger partial charge in [-0.2, -0.15) is 5.26 Å². The van der Waals surface area contributed by atoms with Crippen molar-refractivity contribution in [2.75, 3.05) is 13.6 Å². The molecular weight excluding hydrogens is 281 g/mol. The Hall–Kier alpha value is -1.93. The highest BCUT2D eigenvalue weighted by molar-refractivity contribution is 5.79. The Bertz CT molecular complexity index is 577. The highest BCUT2D eigenvalue weighted by Gasteiger charge is 2.43. The van der Waals surface area contributed by atoms with E-state index >= 15 is 0 Å². The number of nitrogens with zero attached hydrogens (tertiary/aromatic N) is 2. The zero-order valence-corrected chi connectivity index (χ0v) is 13.3. The SMILES string of the molecule is CC(c1ccc(F)cc1)N(C)CC(=O)NC(C)(C#N)C1CC1. The zero-order chi connectivity index (χ0) is 16.3. The number of carbonyl (C=O) groups excluding carboxylic acids is 1. The van der Waals surface area contributed by atoms with Gasteiger partial charge in [-0.05, 0) is 57.4 Å². The molecule has 0 aromatic heterocycles. The third kappa shape index (κ3) is 3.83. The molecule has 0 saturated heterocycles. The van der Waals surface area contributed by atoms with E-state index in [-0.39, 0.29) is 30.2 Å². The molecule has 22 heavy (non-hydrogen) atoms. The Morgan fingerprint density at radius 3 is 2.59 bits per heavy atom. The summed E-state index contributed by atoms with van der Waals surface area (Å²) in [7, 11) is 1.84. The molecule has 0 bridgehead atoms. The van der Waals surface area contributed by atoms with E-state index in [9.17, 15) is 14.4 Å². The topological polar surface area (TPSA) is 56.1 Å². The van der Waals surface area contributed by atoms with Gasteiger partial charge in [-0.25, -0.2) is 4.39 Å². The molecule has 5 heteroatoms. The van der Waals surface area contributed by atoms with Crippen LogP contribution in [0.4, 0.5) is 4.39 Å². The average Bonchev–Trinajstić information content (AvgIpc) is 3.32. The van der Waals surface area contributed by atoms with E-state index < -0.39 is 5.54 Å². The molecule has 1 amide bonds. The van der Waals surface area contributed by atoms with Crippen LogP contribution in [0.15, 0.2) is 24.3 Å². The predicted molar refractivity (Wildman–Crippen MR) is 82.3 cm³/mol. The molecule has 2 rings (SSSR count). The number of hydrogen-bond donors (Lipinski definition) is 1. The molecule has 0 heterocycles. The Morgan fingerprint density at radius 1 is 1.50 bits per heavy atom. The number of hydrogen-bond acceptors (Lipinski definition) is 3. The minimum atomic E-state index is -0.767. The van der Waals surface area contributed by atoms with Gasteiger partial charge in [-0.1, -0.05) is 12.1 Å². The number of nitrogens with one attached hydrogen (secondary N) is 1. The highest BCUT2D eigenvalue weighted by atomic mass is 19.1. The van der Waals surface area contributed by atoms with Crippen LogP contribution in [0.25, 0.3) is 0 Å². The summed E-state index contributed by atoms with van der Waals surface area (Å²) in [5, 5.41) is 12.1. The first-order valence-corrected chi connectivity index (χ1v) is 7.53. The van der Waals surface area contributed by atoms with Crippen molar-refractivity contribution >= 4 is 5.91 Å². The van der Waals surface area contributed by atoms with Crippen LogP contribution in [0.2, 0.25) is 0 Å². The monoisotopic (exact) mass is 303 g/mol. The maximum Gasteiger partial charge on any atom is 0.235 e. The minimum absolute atomic E-state index is 0.0133. The van der Waals surface area contributed by atoms with Crippen LogP contribution >= 0.6 is 0 Å². The Morgan fingerprint density at radius 2 is 2.09 bits per heavy atom. The van der Waals surface area contributed by atoms with Crippen LogP contribution in [0.5, 0.6) is 0 Å². The summed E-state index contributed by atoms with van der Waals surface area (Å²) >= 11 is 0. The molecule has 1 aromatic rings. The van der Waals surface area contributed by atoms with Gasteiger partial charge in [0.25, 0.3) is 0 Å². The Kier molecular flexibility index (Phi) is 4.82. The molecule has 118 valence electrons. The van der Waals surface area contributed by atoms with E-state index in [2.05, 4.69) is 11.4 Å². The van der Waals surface area contributed by atoms with Crippen molar-refractivity contribution in [3.63, 3.8) is 0 Å². The molecule has 2 atom stereocenters. The van der Waals surface area contributed by atoms with E-state index in [1.54, 1.807) is 19.1 Å². The van der Waals surface area contributed by atoms with Crippen LogP contribution in [0.3, 0.4) is 0 Å². The lowest BCUT2D eigenvalue weighted by Crippen LogP contribution is -2.50. The summed E-state index contributed by atoms with van der Waals surface area (Å²) in [6.45, 7) is 3.94. The van der Waals surface area contributed by atoms with E-state index in [0.717, 1.165) is 18.4 Å². The second kappa shape index (κ2) is 6.45. The number of carbonyl (C=O) groups is 1. The fraction of sp³-hybridized carbons (Fsp3) is 0.529. The van der Waals surface area contributed by atoms with Gasteiger partial charge in [-0.15, -0.1) is 0 Å². The van der Waals surface area contributed by atoms with Crippen molar-refractivity contribution in [3.8, 4) is 6.07 Å². The van der Waals surface area contributed by atoms with Crippen molar-refractivity contribution in [2.24, 2.45) is 5.92 Å². The molecule has 1 aliphatic carbocycles. The van der Waals surface area contributed by atoms with Crippen molar-refractivity contribution in [1.82, 2.24) is 10.2 Å². The van der Waals surface area contributed by atoms with Crippen molar-refractivity contribution in [3.05, 3.63) is 35.6 Å². The van der Waals surface area contributed by atoms with Gasteiger partial charge in [0.15, 0.2) is 0 Å². The third-order valence-corrected chi connectivity index (χ3v) is 4.43. The van der Waals surface area contributed by atoms with Crippen molar-refractivity contribution < 1.29 is 9.18 Å². The van der Waals surface area contributed by atoms with Crippen LogP contribution in [0.1, 0.15) is 38.3 Å². The van der Waals surface area contributed by atoms with Gasteiger partial charge < -0.3 is 5.32 Å². The number of halogens is 1. The first-order chi connectivity index (χ1) is 10.4. The first-order valence-electron chi connectivity index (χ1n) is 7.53. The molecule has 2 unspecified atom stereocenters. The largest absolute Gasteiger partial charge is 0.337 e. The summed E-state index contributed by atoms with van der Waals surface area (Å²) in [6, 6.07) is 8.48. The standard InChI is InChI=1S/C17H22FN3O/c1-12(13-4-8-15(18)9-5-13)21(3)10-16(22)20-17(2,11-19)14-6-7-14/h4-5,8-9,12,14H,6-7,10H2,1-3H3,(H,20,22). The third-order valence-electron chi connectivity index (χ3n) is 4.43. The van der Waals surface area contributed by atoms with Crippen LogP contribution in [0, 0.1) is 23.1 Å². The average molecular weight is 303 g/mol. The number of likely N-dealkylation sites (N-methyl/N-ethyl adjacent to an activating group) is 1. The van der Waals surface area contributed by atoms with Crippen LogP contribution < -0.4 is 5.32 Å². The van der Waals surface area contributed by atoms with Gasteiger partial charge >= 0.3 is 0 Å². The van der Waals surface area contributed by atoms with Gasteiger partial charge in [0.05, 0.1) is 12.6 Å². The molecule has 1 aromatic carbocycles. The molecule has 1 aliphatic rings. The zero-order valence-electron chi connectivity index (χ0n) is 13.3. The summed E-state index contributed by atoms with van der Waals surface area (Å²) in [6.07, 6.45) is 1.98. The summed E-state index contributed by atoms with van der Waals surface area (Å²) in [5.74, 6) is -0.167. The first kappa shape index (κ1) is 16.4. The lowest BCUT2D eigenvalue weighted by molar-refractivity contribution is -0.123. The molecule has 0 aliphatic heterocycles. The molecule has 0 radical (unpaired) electrons. The van der Waals surface area contributed by atoms with Crippen molar-refractivity contribution in [2.45, 2.75) is 38.3 Å². The number of rotatable bonds is 6. The molecular formula is C17H22FN3O. The minimum Gasteiger partial charge on any atom is -0.337 e. The number of amides is 1. The summed E-state index contributed by atoms with van der Waals surface area (Å²) < 4.78 is 13.0. The highest BCUT2D eigenvalue weighted by Crippen LogP contribution is 2.39. The summed E-state index contributed by atoms with van der Waals surface area (Å²) in [5.41, 5.74) is 0.179. The second-order valence-corrected chi connectivity index (χ2v) is 6.28. The maximum absolute atomic E-state index is 13.0. The van der Waals surface area contributed by atoms with E-state index in [4.69, 9.17) is 0 Å². The van der Waals surface area contributed by atoms with E-state index in [1.807, 2.05) is 18.9 Å². The van der Waals surface area contributed by atoms with Gasteiger partial charge in [0.1, 0.15) is 11.4 Å². The summed E-state index contributed by atoms with van der Waals surface area (Å²) in [4.78, 5) is 14.1. The normalized spacial score (nSPS) is 18.4. The molecule has 0 spiro atoms. The Labute approximate surface area is 130 Å². The van der Waals surface area contributed by atoms with Crippen LogP contribution in [-0.2, 0) is 4.79 Å². The smallest absolute Gasteiger partial charge is 0.235 e. The second-order valence-electron chi connectivity index (χ2n) is 6.28. The van der Waals surface area contributed by atoms with Gasteiger partial charge in [0.2, 0.25) is 5.91 Å². The fourth-order valence-electron chi connectivity index (χ4n) is 2.57. The predicted octanol–water partition coefficient (Wildman–Crippen LogP) is 2.63. The quantitative estimate of drug-likeness (QED) is 0.879.